The molecule has 0 fully saturated rings. The standard InChI is InChI=1S/C47H29N5O.C43H30N4O.C37H26N4O/c1-2-14-30(15-3-1)44-48-45(32-17-12-16-31(28-32)43-37-22-6-9-25-40(37)52-41-26-10-11-27-42(41)53-47(43)52)50-46(49-44)33-18-13-19-34(29-33)51-38-23-7-4-20-35(38)36-21-5-8-24-39(36)51;1-27-11-15-32(16-12-27)40-44-41(33-17-13-28(2)14-18-33)46-42(45-40)34-25-21-30(22-26-34)29-19-23-31(24-20-29)39-35-7-3-4-8-36(35)47-37-9-5-6-10-38(37)48-43(39)47;1-23-11-15-26(16-12-23)34-38-35(27-17-13-24(2)14-18-27)40-36(39-34)28-21-19-25(20-22-28)33-29-7-3-4-8-30(29)41-31-9-5-6-10-32(31)42-37(33)41/h1-29H;3-26H,1-2H3;3-22H,1-2H3. The molecule has 676 valence electrons. The van der Waals surface area contributed by atoms with Crippen LogP contribution in [0.2, 0.25) is 0 Å². The predicted molar refractivity (Wildman–Crippen MR) is 578 cm³/mol. The van der Waals surface area contributed by atoms with Crippen molar-refractivity contribution in [3.05, 3.63) is 465 Å². The Morgan fingerprint density at radius 1 is 0.161 bits per heavy atom. The van der Waals surface area contributed by atoms with E-state index in [-0.39, 0.29) is 0 Å². The number of para-hydroxylation sites is 11. The zero-order chi connectivity index (χ0) is 95.3. The van der Waals surface area contributed by atoms with Crippen molar-refractivity contribution in [3.63, 3.8) is 0 Å². The van der Waals surface area contributed by atoms with Crippen molar-refractivity contribution < 1.29 is 13.3 Å². The summed E-state index contributed by atoms with van der Waals surface area (Å²) in [6, 6.07) is 153. The number of rotatable bonds is 14. The number of hydrogen-bond donors (Lipinski definition) is 0. The van der Waals surface area contributed by atoms with Gasteiger partial charge in [0, 0.05) is 82.7 Å². The van der Waals surface area contributed by atoms with Crippen LogP contribution in [0.25, 0.3) is 258 Å². The number of benzene rings is 18. The maximum absolute atomic E-state index is 6.54. The molecule has 16 heteroatoms. The van der Waals surface area contributed by atoms with Crippen LogP contribution in [-0.2, 0) is 0 Å². The Morgan fingerprint density at radius 3 is 0.720 bits per heavy atom. The molecule has 0 amide bonds. The van der Waals surface area contributed by atoms with Crippen molar-refractivity contribution in [3.8, 4) is 153 Å². The van der Waals surface area contributed by atoms with Gasteiger partial charge in [-0.25, -0.2) is 44.9 Å². The van der Waals surface area contributed by atoms with E-state index < -0.39 is 0 Å². The van der Waals surface area contributed by atoms with Gasteiger partial charge < -0.3 is 17.8 Å². The van der Waals surface area contributed by atoms with Crippen molar-refractivity contribution in [2.75, 3.05) is 0 Å². The number of aryl methyl sites for hydroxylation is 4. The number of oxazole rings is 3. The fraction of sp³-hybridized carbons (Fsp3) is 0.0315. The van der Waals surface area contributed by atoms with Crippen LogP contribution in [0.1, 0.15) is 22.3 Å². The smallest absolute Gasteiger partial charge is 0.213 e. The van der Waals surface area contributed by atoms with Gasteiger partial charge in [-0.15, -0.1) is 0 Å². The summed E-state index contributed by atoms with van der Waals surface area (Å²) in [7, 11) is 0. The molecule has 28 rings (SSSR count). The maximum atomic E-state index is 6.54. The molecule has 10 heterocycles. The molecular formula is C127H85N13O3. The lowest BCUT2D eigenvalue weighted by atomic mass is 9.99. The SMILES string of the molecule is Cc1ccc(-c2nc(-c3ccc(C)cc3)nc(-c3ccc(-c4c5ccccc5n5c4oc4ccccc45)cc3)n2)cc1.Cc1ccc(-c2nc(-c3ccc(C)cc3)nc(-c3ccc(-c4ccc(-c5c6ccccc6n6c5oc5ccccc56)cc4)cc3)n2)cc1.c1ccc(-c2nc(-c3cccc(-c4c5ccccc5n5c4oc4ccccc45)c3)nc(-c3cccc(-n4c5ccccc5c5ccccc54)c3)n2)cc1. The molecule has 0 bridgehead atoms. The Hall–Kier alpha value is -19.2. The Labute approximate surface area is 820 Å². The lowest BCUT2D eigenvalue weighted by Crippen LogP contribution is -2.01. The molecule has 0 saturated heterocycles. The van der Waals surface area contributed by atoms with Gasteiger partial charge in [-0.05, 0) is 140 Å². The fourth-order valence-electron chi connectivity index (χ4n) is 19.9. The zero-order valence-corrected chi connectivity index (χ0v) is 78.2. The molecule has 0 saturated carbocycles. The van der Waals surface area contributed by atoms with Gasteiger partial charge in [0.15, 0.2) is 69.2 Å². The summed E-state index contributed by atoms with van der Waals surface area (Å²) in [5.74, 6) is 5.74. The van der Waals surface area contributed by atoms with Gasteiger partial charge in [0.2, 0.25) is 17.1 Å². The summed E-state index contributed by atoms with van der Waals surface area (Å²) < 4.78 is 28.3. The Bertz CT molecular complexity index is 9620. The monoisotopic (exact) mass is 1840 g/mol. The molecule has 0 aliphatic carbocycles. The molecule has 0 N–H and O–H groups in total. The average molecular weight is 1840 g/mol. The lowest BCUT2D eigenvalue weighted by Gasteiger charge is -2.12. The molecule has 0 aliphatic rings. The summed E-state index contributed by atoms with van der Waals surface area (Å²) in [6.07, 6.45) is 0. The average Bonchev–Trinajstić information content (AvgIpc) is 1.57. The van der Waals surface area contributed by atoms with Gasteiger partial charge in [-0.1, -0.05) is 380 Å². The van der Waals surface area contributed by atoms with E-state index in [1.165, 1.54) is 38.4 Å². The summed E-state index contributed by atoms with van der Waals surface area (Å²) in [5, 5.41) is 5.89. The molecule has 16 nitrogen and oxygen atoms in total. The van der Waals surface area contributed by atoms with Crippen LogP contribution in [0.5, 0.6) is 0 Å². The maximum Gasteiger partial charge on any atom is 0.213 e. The lowest BCUT2D eigenvalue weighted by molar-refractivity contribution is 0.658. The molecular weight excluding hydrogens is 1760 g/mol. The van der Waals surface area contributed by atoms with Gasteiger partial charge in [-0.3, -0.25) is 13.2 Å². The van der Waals surface area contributed by atoms with Crippen molar-refractivity contribution in [1.29, 1.82) is 0 Å². The second-order valence-corrected chi connectivity index (χ2v) is 36.3. The van der Waals surface area contributed by atoms with Crippen LogP contribution in [-0.4, -0.2) is 62.6 Å². The van der Waals surface area contributed by atoms with Gasteiger partial charge >= 0.3 is 0 Å². The largest absolute Gasteiger partial charge is 0.438 e. The number of fused-ring (bicyclic) bond motifs is 18. The number of aromatic nitrogens is 13. The highest BCUT2D eigenvalue weighted by Crippen LogP contribution is 2.46. The van der Waals surface area contributed by atoms with E-state index in [1.54, 1.807) is 0 Å². The van der Waals surface area contributed by atoms with E-state index in [0.29, 0.717) is 52.4 Å². The van der Waals surface area contributed by atoms with Crippen LogP contribution in [0.3, 0.4) is 0 Å². The first kappa shape index (κ1) is 84.3. The quantitative estimate of drug-likeness (QED) is 0.101. The molecule has 143 heavy (non-hydrogen) atoms. The van der Waals surface area contributed by atoms with Crippen LogP contribution in [0, 0.1) is 27.7 Å². The second-order valence-electron chi connectivity index (χ2n) is 36.3. The fourth-order valence-corrected chi connectivity index (χ4v) is 19.9. The van der Waals surface area contributed by atoms with E-state index in [9.17, 15) is 0 Å². The molecule has 10 aromatic heterocycles. The molecule has 0 atom stereocenters. The summed E-state index contributed by atoms with van der Waals surface area (Å²) in [4.78, 5) is 44.8. The van der Waals surface area contributed by atoms with E-state index in [2.05, 4.69) is 409 Å². The highest BCUT2D eigenvalue weighted by molar-refractivity contribution is 6.12. The summed E-state index contributed by atoms with van der Waals surface area (Å²) >= 11 is 0. The molecule has 0 aliphatic heterocycles. The minimum absolute atomic E-state index is 0.599. The molecule has 0 unspecified atom stereocenters. The van der Waals surface area contributed by atoms with Crippen LogP contribution < -0.4 is 0 Å². The predicted octanol–water partition coefficient (Wildman–Crippen LogP) is 32.1. The third-order valence-corrected chi connectivity index (χ3v) is 27.0. The third kappa shape index (κ3) is 15.3. The number of nitrogens with zero attached hydrogens (tertiary/aromatic N) is 13. The highest BCUT2D eigenvalue weighted by atomic mass is 16.4. The summed E-state index contributed by atoms with van der Waals surface area (Å²) in [5.41, 5.74) is 36.9. The van der Waals surface area contributed by atoms with Gasteiger partial charge in [-0.2, -0.15) is 0 Å². The third-order valence-electron chi connectivity index (χ3n) is 27.0. The zero-order valence-electron chi connectivity index (χ0n) is 78.2. The molecule has 0 spiro atoms. The van der Waals surface area contributed by atoms with E-state index >= 15 is 0 Å². The first-order valence-electron chi connectivity index (χ1n) is 47.9. The van der Waals surface area contributed by atoms with E-state index in [0.717, 1.165) is 189 Å². The highest BCUT2D eigenvalue weighted by Gasteiger charge is 2.27. The van der Waals surface area contributed by atoms with Gasteiger partial charge in [0.05, 0.1) is 60.8 Å². The van der Waals surface area contributed by atoms with E-state index in [1.807, 2.05) is 78.9 Å². The van der Waals surface area contributed by atoms with Crippen molar-refractivity contribution >= 4 is 105 Å². The topological polar surface area (TPSA) is 174 Å². The van der Waals surface area contributed by atoms with Crippen molar-refractivity contribution in [1.82, 2.24) is 62.6 Å². The Balaban J connectivity index is 0.000000110. The molecule has 0 radical (unpaired) electrons. The first-order valence-corrected chi connectivity index (χ1v) is 47.9. The van der Waals surface area contributed by atoms with Gasteiger partial charge in [0.25, 0.3) is 0 Å². The number of hydrogen-bond acceptors (Lipinski definition) is 12. The second kappa shape index (κ2) is 35.1. The van der Waals surface area contributed by atoms with Crippen LogP contribution in [0.4, 0.5) is 0 Å². The summed E-state index contributed by atoms with van der Waals surface area (Å²) in [6.45, 7) is 8.32. The van der Waals surface area contributed by atoms with Crippen LogP contribution >= 0.6 is 0 Å². The molecule has 18 aromatic carbocycles. The van der Waals surface area contributed by atoms with Crippen molar-refractivity contribution in [2.45, 2.75) is 27.7 Å². The van der Waals surface area contributed by atoms with Gasteiger partial charge in [0.1, 0.15) is 0 Å². The van der Waals surface area contributed by atoms with Crippen molar-refractivity contribution in [2.24, 2.45) is 0 Å². The minimum Gasteiger partial charge on any atom is -0.438 e. The van der Waals surface area contributed by atoms with Crippen LogP contribution in [0.15, 0.2) is 456 Å². The van der Waals surface area contributed by atoms with E-state index in [4.69, 9.17) is 58.1 Å². The Kier molecular flexibility index (Phi) is 20.7. The minimum atomic E-state index is 0.599. The molecule has 28 aromatic rings. The Morgan fingerprint density at radius 2 is 0.385 bits per heavy atom. The first-order chi connectivity index (χ1) is 70.5. The normalized spacial score (nSPS) is 11.6.